The van der Waals surface area contributed by atoms with Crippen molar-refractivity contribution in [2.24, 2.45) is 0 Å². The molecule has 2 rings (SSSR count). The third-order valence-corrected chi connectivity index (χ3v) is 3.28. The Kier molecular flexibility index (Phi) is 6.25. The van der Waals surface area contributed by atoms with E-state index < -0.39 is 0 Å². The van der Waals surface area contributed by atoms with Gasteiger partial charge >= 0.3 is 0 Å². The van der Waals surface area contributed by atoms with Gasteiger partial charge in [-0.15, -0.1) is 0 Å². The maximum atomic E-state index is 11.9. The maximum Gasteiger partial charge on any atom is 0.279 e. The van der Waals surface area contributed by atoms with Crippen molar-refractivity contribution in [1.82, 2.24) is 0 Å². The summed E-state index contributed by atoms with van der Waals surface area (Å²) in [6.07, 6.45) is 0. The largest absolute Gasteiger partial charge is 0.494 e. The van der Waals surface area contributed by atoms with Crippen LogP contribution in [0.4, 0.5) is 5.69 Å². The number of quaternary nitrogens is 1. The number of benzene rings is 2. The Morgan fingerprint density at radius 3 is 2.68 bits per heavy atom. The zero-order chi connectivity index (χ0) is 15.8. The fourth-order valence-corrected chi connectivity index (χ4v) is 2.26. The van der Waals surface area contributed by atoms with E-state index in [0.717, 1.165) is 23.5 Å². The van der Waals surface area contributed by atoms with Crippen LogP contribution in [0.1, 0.15) is 12.5 Å². The van der Waals surface area contributed by atoms with Gasteiger partial charge in [0.05, 0.1) is 6.61 Å². The Morgan fingerprint density at radius 1 is 1.23 bits per heavy atom. The monoisotopic (exact) mass is 319 g/mol. The van der Waals surface area contributed by atoms with Crippen LogP contribution < -0.4 is 15.4 Å². The van der Waals surface area contributed by atoms with Gasteiger partial charge in [-0.05, 0) is 43.3 Å². The number of carbonyl (C=O) groups excluding carboxylic acids is 1. The number of hydrogen-bond acceptors (Lipinski definition) is 2. The second-order valence-corrected chi connectivity index (χ2v) is 5.27. The van der Waals surface area contributed by atoms with E-state index in [9.17, 15) is 4.79 Å². The second kappa shape index (κ2) is 8.41. The predicted octanol–water partition coefficient (Wildman–Crippen LogP) is 2.44. The van der Waals surface area contributed by atoms with Crippen LogP contribution in [-0.4, -0.2) is 19.1 Å². The molecule has 0 aliphatic carbocycles. The molecule has 0 heterocycles. The number of nitrogens with two attached hydrogens (primary N) is 1. The molecule has 0 bridgehead atoms. The molecule has 5 heteroatoms. The number of carbonyl (C=O) groups is 1. The maximum absolute atomic E-state index is 11.9. The molecule has 0 aromatic heterocycles. The van der Waals surface area contributed by atoms with E-state index in [-0.39, 0.29) is 5.91 Å². The lowest BCUT2D eigenvalue weighted by atomic mass is 10.2. The summed E-state index contributed by atoms with van der Waals surface area (Å²) in [5, 5.41) is 5.51. The van der Waals surface area contributed by atoms with Crippen molar-refractivity contribution in [1.29, 1.82) is 0 Å². The summed E-state index contributed by atoms with van der Waals surface area (Å²) in [5.74, 6) is 0.763. The normalized spacial score (nSPS) is 10.3. The van der Waals surface area contributed by atoms with E-state index in [4.69, 9.17) is 16.3 Å². The molecule has 0 saturated carbocycles. The van der Waals surface area contributed by atoms with Gasteiger partial charge in [0, 0.05) is 16.3 Å². The molecule has 0 radical (unpaired) electrons. The number of hydrogen-bond donors (Lipinski definition) is 2. The average Bonchev–Trinajstić information content (AvgIpc) is 2.50. The van der Waals surface area contributed by atoms with Gasteiger partial charge in [0.15, 0.2) is 6.54 Å². The molecule has 0 aliphatic heterocycles. The van der Waals surface area contributed by atoms with Crippen molar-refractivity contribution in [3.05, 3.63) is 59.1 Å². The van der Waals surface area contributed by atoms with E-state index in [1.165, 1.54) is 0 Å². The summed E-state index contributed by atoms with van der Waals surface area (Å²) in [5.41, 5.74) is 1.87. The first-order valence-electron chi connectivity index (χ1n) is 7.26. The van der Waals surface area contributed by atoms with Crippen LogP contribution in [0, 0.1) is 0 Å². The number of ether oxygens (including phenoxy) is 1. The van der Waals surface area contributed by atoms with Crippen LogP contribution in [-0.2, 0) is 11.3 Å². The van der Waals surface area contributed by atoms with Crippen LogP contribution in [0.5, 0.6) is 5.75 Å². The fourth-order valence-electron chi connectivity index (χ4n) is 2.05. The van der Waals surface area contributed by atoms with Gasteiger partial charge in [-0.3, -0.25) is 4.79 Å². The van der Waals surface area contributed by atoms with Gasteiger partial charge in [-0.1, -0.05) is 23.7 Å². The highest BCUT2D eigenvalue weighted by atomic mass is 35.5. The number of rotatable bonds is 7. The molecule has 0 saturated heterocycles. The highest BCUT2D eigenvalue weighted by Gasteiger charge is 2.05. The molecule has 0 unspecified atom stereocenters. The molecule has 4 nitrogen and oxygen atoms in total. The molecule has 0 fully saturated rings. The van der Waals surface area contributed by atoms with Gasteiger partial charge in [0.1, 0.15) is 12.3 Å². The van der Waals surface area contributed by atoms with E-state index >= 15 is 0 Å². The standard InChI is InChI=1S/C17H19ClN2O2/c1-2-22-16-8-6-15(7-9-16)20-17(21)12-19-11-13-4-3-5-14(18)10-13/h3-10,19H,2,11-12H2,1H3,(H,20,21)/p+1. The molecular formula is C17H20ClN2O2+. The van der Waals surface area contributed by atoms with Crippen LogP contribution >= 0.6 is 11.6 Å². The number of anilines is 1. The highest BCUT2D eigenvalue weighted by molar-refractivity contribution is 6.30. The third-order valence-electron chi connectivity index (χ3n) is 3.05. The molecule has 22 heavy (non-hydrogen) atoms. The topological polar surface area (TPSA) is 54.9 Å². The SMILES string of the molecule is CCOc1ccc(NC(=O)C[NH2+]Cc2cccc(Cl)c2)cc1. The molecule has 116 valence electrons. The zero-order valence-electron chi connectivity index (χ0n) is 12.5. The van der Waals surface area contributed by atoms with Crippen molar-refractivity contribution in [3.63, 3.8) is 0 Å². The molecule has 0 atom stereocenters. The van der Waals surface area contributed by atoms with Crippen molar-refractivity contribution in [2.45, 2.75) is 13.5 Å². The summed E-state index contributed by atoms with van der Waals surface area (Å²) >= 11 is 5.93. The number of halogens is 1. The molecule has 1 amide bonds. The Morgan fingerprint density at radius 2 is 2.00 bits per heavy atom. The van der Waals surface area contributed by atoms with Crippen LogP contribution in [0.25, 0.3) is 0 Å². The average molecular weight is 320 g/mol. The van der Waals surface area contributed by atoms with Crippen LogP contribution in [0.2, 0.25) is 5.02 Å². The first-order chi connectivity index (χ1) is 10.7. The summed E-state index contributed by atoms with van der Waals surface area (Å²) in [6.45, 7) is 3.65. The van der Waals surface area contributed by atoms with Gasteiger partial charge in [-0.25, -0.2) is 0 Å². The summed E-state index contributed by atoms with van der Waals surface area (Å²) in [6, 6.07) is 15.0. The quantitative estimate of drug-likeness (QED) is 0.823. The number of amides is 1. The van der Waals surface area contributed by atoms with Crippen LogP contribution in [0.15, 0.2) is 48.5 Å². The van der Waals surface area contributed by atoms with E-state index in [0.29, 0.717) is 18.2 Å². The van der Waals surface area contributed by atoms with Crippen molar-refractivity contribution < 1.29 is 14.8 Å². The van der Waals surface area contributed by atoms with E-state index in [1.807, 2.05) is 60.8 Å². The third kappa shape index (κ3) is 5.39. The molecule has 0 spiro atoms. The second-order valence-electron chi connectivity index (χ2n) is 4.83. The van der Waals surface area contributed by atoms with E-state index in [1.54, 1.807) is 0 Å². The van der Waals surface area contributed by atoms with Gasteiger partial charge in [-0.2, -0.15) is 0 Å². The lowest BCUT2D eigenvalue weighted by molar-refractivity contribution is -0.659. The summed E-state index contributed by atoms with van der Waals surface area (Å²) < 4.78 is 5.36. The van der Waals surface area contributed by atoms with Gasteiger partial charge in [0.25, 0.3) is 5.91 Å². The lowest BCUT2D eigenvalue weighted by Gasteiger charge is -2.07. The fraction of sp³-hybridized carbons (Fsp3) is 0.235. The van der Waals surface area contributed by atoms with E-state index in [2.05, 4.69) is 5.32 Å². The summed E-state index contributed by atoms with van der Waals surface area (Å²) in [7, 11) is 0. The molecule has 3 N–H and O–H groups in total. The lowest BCUT2D eigenvalue weighted by Crippen LogP contribution is -2.84. The Bertz CT molecular complexity index is 614. The highest BCUT2D eigenvalue weighted by Crippen LogP contribution is 2.15. The van der Waals surface area contributed by atoms with Crippen molar-refractivity contribution in [2.75, 3.05) is 18.5 Å². The molecule has 2 aromatic carbocycles. The minimum Gasteiger partial charge on any atom is -0.494 e. The van der Waals surface area contributed by atoms with Gasteiger partial charge in [0.2, 0.25) is 0 Å². The minimum absolute atomic E-state index is 0.0359. The number of nitrogens with one attached hydrogen (secondary N) is 1. The van der Waals surface area contributed by atoms with Gasteiger partial charge < -0.3 is 15.4 Å². The first kappa shape index (κ1) is 16.3. The molecule has 0 aliphatic rings. The van der Waals surface area contributed by atoms with Crippen molar-refractivity contribution in [3.8, 4) is 5.75 Å². The first-order valence-corrected chi connectivity index (χ1v) is 7.64. The smallest absolute Gasteiger partial charge is 0.279 e. The molecule has 2 aromatic rings. The predicted molar refractivity (Wildman–Crippen MR) is 88.2 cm³/mol. The summed E-state index contributed by atoms with van der Waals surface area (Å²) in [4.78, 5) is 11.9. The molecular weight excluding hydrogens is 300 g/mol. The Balaban J connectivity index is 1.75. The van der Waals surface area contributed by atoms with Crippen molar-refractivity contribution >= 4 is 23.2 Å². The van der Waals surface area contributed by atoms with Crippen LogP contribution in [0.3, 0.4) is 0 Å². The minimum atomic E-state index is -0.0359. The Labute approximate surface area is 135 Å². The zero-order valence-corrected chi connectivity index (χ0v) is 13.3. The Hall–Kier alpha value is -2.04.